The fraction of sp³-hybridized carbons (Fsp3) is 0.333. The first-order chi connectivity index (χ1) is 9.20. The maximum atomic E-state index is 11.9. The molecule has 0 saturated heterocycles. The molecule has 0 unspecified atom stereocenters. The molecule has 20 heavy (non-hydrogen) atoms. The number of nitrogens with two attached hydrogens (primary N) is 2. The van der Waals surface area contributed by atoms with E-state index in [-0.39, 0.29) is 16.2 Å². The second-order valence-electron chi connectivity index (χ2n) is 4.13. The van der Waals surface area contributed by atoms with Gasteiger partial charge in [0.15, 0.2) is 15.8 Å². The highest BCUT2D eigenvalue weighted by molar-refractivity contribution is 7.90. The maximum absolute atomic E-state index is 11.9. The molecule has 0 aliphatic heterocycles. The van der Waals surface area contributed by atoms with Crippen molar-refractivity contribution in [2.75, 3.05) is 13.4 Å². The van der Waals surface area contributed by atoms with Gasteiger partial charge in [-0.15, -0.1) is 0 Å². The summed E-state index contributed by atoms with van der Waals surface area (Å²) >= 11 is 0. The van der Waals surface area contributed by atoms with E-state index in [1.165, 1.54) is 19.2 Å². The van der Waals surface area contributed by atoms with E-state index in [4.69, 9.17) is 16.2 Å². The highest BCUT2D eigenvalue weighted by Gasteiger charge is 2.20. The average Bonchev–Trinajstić information content (AvgIpc) is 2.34. The van der Waals surface area contributed by atoms with Crippen LogP contribution < -0.4 is 16.2 Å². The smallest absolute Gasteiger partial charge is 0.283 e. The van der Waals surface area contributed by atoms with Crippen LogP contribution in [0.4, 0.5) is 0 Å². The number of carbonyl (C=O) groups is 1. The van der Waals surface area contributed by atoms with Gasteiger partial charge in [-0.1, -0.05) is 6.92 Å². The van der Waals surface area contributed by atoms with Gasteiger partial charge in [0, 0.05) is 6.26 Å². The SMILES string of the molecule is CCc1cc(OC)c(C(=O)N=C(N)N)cc1S(C)(=O)=O. The Morgan fingerprint density at radius 3 is 2.35 bits per heavy atom. The number of hydrogen-bond donors (Lipinski definition) is 2. The summed E-state index contributed by atoms with van der Waals surface area (Å²) in [7, 11) is -2.10. The third-order valence-corrected chi connectivity index (χ3v) is 3.80. The van der Waals surface area contributed by atoms with Gasteiger partial charge in [0.1, 0.15) is 5.75 Å². The molecule has 0 aliphatic carbocycles. The molecule has 0 radical (unpaired) electrons. The Morgan fingerprint density at radius 1 is 1.35 bits per heavy atom. The van der Waals surface area contributed by atoms with Crippen LogP contribution in [-0.4, -0.2) is 33.7 Å². The highest BCUT2D eigenvalue weighted by Crippen LogP contribution is 2.28. The fourth-order valence-electron chi connectivity index (χ4n) is 1.74. The van der Waals surface area contributed by atoms with Crippen LogP contribution in [0.15, 0.2) is 22.0 Å². The van der Waals surface area contributed by atoms with Crippen LogP contribution in [0.3, 0.4) is 0 Å². The molecule has 1 rings (SSSR count). The first-order valence-corrected chi connectivity index (χ1v) is 7.64. The van der Waals surface area contributed by atoms with Gasteiger partial charge >= 0.3 is 0 Å². The van der Waals surface area contributed by atoms with Crippen molar-refractivity contribution in [1.29, 1.82) is 0 Å². The first kappa shape index (κ1) is 16.0. The van der Waals surface area contributed by atoms with Crippen LogP contribution in [0, 0.1) is 0 Å². The summed E-state index contributed by atoms with van der Waals surface area (Å²) in [6, 6.07) is 2.74. The molecule has 0 bridgehead atoms. The highest BCUT2D eigenvalue weighted by atomic mass is 32.2. The summed E-state index contributed by atoms with van der Waals surface area (Å²) in [5.74, 6) is -0.934. The molecule has 0 spiro atoms. The van der Waals surface area contributed by atoms with Gasteiger partial charge in [-0.3, -0.25) is 4.79 Å². The maximum Gasteiger partial charge on any atom is 0.283 e. The summed E-state index contributed by atoms with van der Waals surface area (Å²) < 4.78 is 28.6. The molecular weight excluding hydrogens is 282 g/mol. The molecule has 7 nitrogen and oxygen atoms in total. The first-order valence-electron chi connectivity index (χ1n) is 5.75. The van der Waals surface area contributed by atoms with E-state index in [9.17, 15) is 13.2 Å². The molecule has 1 amide bonds. The Kier molecular flexibility index (Phi) is 4.72. The number of methoxy groups -OCH3 is 1. The Bertz CT molecular complexity index is 662. The van der Waals surface area contributed by atoms with Crippen molar-refractivity contribution >= 4 is 21.7 Å². The lowest BCUT2D eigenvalue weighted by Crippen LogP contribution is -2.24. The summed E-state index contributed by atoms with van der Waals surface area (Å²) in [6.07, 6.45) is 1.55. The molecule has 0 aromatic heterocycles. The number of carbonyl (C=O) groups excluding carboxylic acids is 1. The normalized spacial score (nSPS) is 10.9. The number of guanidine groups is 1. The summed E-state index contributed by atoms with van der Waals surface area (Å²) in [4.78, 5) is 15.3. The van der Waals surface area contributed by atoms with Crippen molar-refractivity contribution in [2.45, 2.75) is 18.2 Å². The molecular formula is C12H17N3O4S. The van der Waals surface area contributed by atoms with Crippen LogP contribution in [0.1, 0.15) is 22.8 Å². The molecule has 1 aromatic carbocycles. The average molecular weight is 299 g/mol. The van der Waals surface area contributed by atoms with Crippen LogP contribution in [-0.2, 0) is 16.3 Å². The van der Waals surface area contributed by atoms with Crippen molar-refractivity contribution in [3.63, 3.8) is 0 Å². The van der Waals surface area contributed by atoms with E-state index in [1.54, 1.807) is 6.92 Å². The Labute approximate surface area is 117 Å². The quantitative estimate of drug-likeness (QED) is 0.599. The molecule has 0 atom stereocenters. The number of amides is 1. The zero-order chi connectivity index (χ0) is 15.5. The molecule has 0 saturated carbocycles. The van der Waals surface area contributed by atoms with Crippen LogP contribution in [0.5, 0.6) is 5.75 Å². The molecule has 0 aliphatic rings. The minimum atomic E-state index is -3.47. The topological polar surface area (TPSA) is 125 Å². The van der Waals surface area contributed by atoms with E-state index in [2.05, 4.69) is 4.99 Å². The number of rotatable bonds is 4. The van der Waals surface area contributed by atoms with Crippen molar-refractivity contribution in [2.24, 2.45) is 16.5 Å². The van der Waals surface area contributed by atoms with E-state index < -0.39 is 21.7 Å². The zero-order valence-corrected chi connectivity index (χ0v) is 12.3. The van der Waals surface area contributed by atoms with Gasteiger partial charge in [-0.05, 0) is 24.1 Å². The predicted octanol–water partition coefficient (Wildman–Crippen LogP) is 0.0747. The van der Waals surface area contributed by atoms with Gasteiger partial charge in [0.05, 0.1) is 17.6 Å². The minimum Gasteiger partial charge on any atom is -0.496 e. The Morgan fingerprint density at radius 2 is 1.95 bits per heavy atom. The second-order valence-corrected chi connectivity index (χ2v) is 6.11. The van der Waals surface area contributed by atoms with Gasteiger partial charge in [-0.2, -0.15) is 4.99 Å². The standard InChI is InChI=1S/C12H17N3O4S/c1-4-7-5-9(19-2)8(11(16)15-12(13)14)6-10(7)20(3,17)18/h5-6H,4H2,1-3H3,(H4,13,14,15,16). The van der Waals surface area contributed by atoms with Gasteiger partial charge in [0.2, 0.25) is 0 Å². The number of aryl methyl sites for hydroxylation is 1. The molecule has 8 heteroatoms. The van der Waals surface area contributed by atoms with Crippen LogP contribution in [0.25, 0.3) is 0 Å². The summed E-state index contributed by atoms with van der Waals surface area (Å²) in [5.41, 5.74) is 10.9. The van der Waals surface area contributed by atoms with Gasteiger partial charge in [0.25, 0.3) is 5.91 Å². The lowest BCUT2D eigenvalue weighted by atomic mass is 10.1. The summed E-state index contributed by atoms with van der Waals surface area (Å²) in [5, 5.41) is 0. The third-order valence-electron chi connectivity index (χ3n) is 2.62. The second kappa shape index (κ2) is 5.91. The number of hydrogen-bond acceptors (Lipinski definition) is 4. The molecule has 4 N–H and O–H groups in total. The lowest BCUT2D eigenvalue weighted by Gasteiger charge is -2.12. The Hall–Kier alpha value is -2.09. The monoisotopic (exact) mass is 299 g/mol. The Balaban J connectivity index is 3.60. The largest absolute Gasteiger partial charge is 0.496 e. The molecule has 1 aromatic rings. The van der Waals surface area contributed by atoms with Crippen molar-refractivity contribution < 1.29 is 17.9 Å². The van der Waals surface area contributed by atoms with E-state index in [0.717, 1.165) is 6.26 Å². The number of benzene rings is 1. The van der Waals surface area contributed by atoms with Crippen LogP contribution >= 0.6 is 0 Å². The van der Waals surface area contributed by atoms with E-state index in [1.807, 2.05) is 0 Å². The molecule has 110 valence electrons. The number of sulfone groups is 1. The van der Waals surface area contributed by atoms with Gasteiger partial charge in [-0.25, -0.2) is 8.42 Å². The van der Waals surface area contributed by atoms with E-state index in [0.29, 0.717) is 12.0 Å². The fourth-order valence-corrected chi connectivity index (χ4v) is 2.75. The van der Waals surface area contributed by atoms with E-state index >= 15 is 0 Å². The number of aliphatic imine (C=N–C) groups is 1. The van der Waals surface area contributed by atoms with Crippen LogP contribution in [0.2, 0.25) is 0 Å². The minimum absolute atomic E-state index is 0.00137. The van der Waals surface area contributed by atoms with Crippen molar-refractivity contribution in [3.05, 3.63) is 23.3 Å². The van der Waals surface area contributed by atoms with Crippen molar-refractivity contribution in [1.82, 2.24) is 0 Å². The molecule has 0 fully saturated rings. The zero-order valence-electron chi connectivity index (χ0n) is 11.5. The van der Waals surface area contributed by atoms with Crippen molar-refractivity contribution in [3.8, 4) is 5.75 Å². The summed E-state index contributed by atoms with van der Waals surface area (Å²) in [6.45, 7) is 1.81. The number of nitrogens with zero attached hydrogens (tertiary/aromatic N) is 1. The third kappa shape index (κ3) is 3.47. The number of ether oxygens (including phenoxy) is 1. The lowest BCUT2D eigenvalue weighted by molar-refractivity contribution is 0.0999. The van der Waals surface area contributed by atoms with Gasteiger partial charge < -0.3 is 16.2 Å². The predicted molar refractivity (Wildman–Crippen MR) is 75.6 cm³/mol. The molecule has 0 heterocycles.